The van der Waals surface area contributed by atoms with Crippen molar-refractivity contribution in [2.24, 2.45) is 13.0 Å². The molecule has 3 aromatic rings. The molecule has 0 aliphatic carbocycles. The molecule has 8 nitrogen and oxygen atoms in total. The fraction of sp³-hybridized carbons (Fsp3) is 0.464. The Morgan fingerprint density at radius 2 is 1.80 bits per heavy atom. The smallest absolute Gasteiger partial charge is 0.394 e. The first-order valence-electron chi connectivity index (χ1n) is 12.9. The van der Waals surface area contributed by atoms with E-state index in [0.29, 0.717) is 15.6 Å². The van der Waals surface area contributed by atoms with Gasteiger partial charge in [-0.2, -0.15) is 13.2 Å². The monoisotopic (exact) mass is 581 g/mol. The van der Waals surface area contributed by atoms with E-state index in [4.69, 9.17) is 4.74 Å². The second kappa shape index (κ2) is 11.5. The molecule has 3 atom stereocenters. The van der Waals surface area contributed by atoms with Crippen molar-refractivity contribution < 1.29 is 36.2 Å². The maximum atomic E-state index is 14.3. The summed E-state index contributed by atoms with van der Waals surface area (Å²) in [6, 6.07) is 14.5. The van der Waals surface area contributed by atoms with Crippen LogP contribution in [0.2, 0.25) is 0 Å². The number of rotatable bonds is 6. The molecule has 40 heavy (non-hydrogen) atoms. The van der Waals surface area contributed by atoms with E-state index in [2.05, 4.69) is 0 Å². The van der Waals surface area contributed by atoms with E-state index in [-0.39, 0.29) is 32.2 Å². The topological polar surface area (TPSA) is 92.1 Å². The van der Waals surface area contributed by atoms with Crippen LogP contribution in [0.1, 0.15) is 29.9 Å². The van der Waals surface area contributed by atoms with E-state index >= 15 is 0 Å². The summed E-state index contributed by atoms with van der Waals surface area (Å²) in [4.78, 5) is 15.8. The zero-order valence-electron chi connectivity index (χ0n) is 22.9. The predicted molar refractivity (Wildman–Crippen MR) is 146 cm³/mol. The van der Waals surface area contributed by atoms with Crippen molar-refractivity contribution in [2.45, 2.75) is 38.8 Å². The molecular weight excluding hydrogens is 547 g/mol. The molecule has 1 aliphatic heterocycles. The molecule has 0 fully saturated rings. The van der Waals surface area contributed by atoms with E-state index in [1.54, 1.807) is 13.8 Å². The molecule has 12 heteroatoms. The third kappa shape index (κ3) is 6.04. The maximum absolute atomic E-state index is 14.3. The molecule has 4 rings (SSSR count). The molecule has 0 saturated heterocycles. The molecule has 1 aromatic heterocycles. The van der Waals surface area contributed by atoms with E-state index in [9.17, 15) is 31.5 Å². The molecule has 2 heterocycles. The number of nitrogens with zero attached hydrogens (tertiary/aromatic N) is 3. The maximum Gasteiger partial charge on any atom is 0.404 e. The van der Waals surface area contributed by atoms with Crippen LogP contribution >= 0.6 is 0 Å². The average molecular weight is 582 g/mol. The Bertz CT molecular complexity index is 1490. The van der Waals surface area contributed by atoms with Gasteiger partial charge in [0, 0.05) is 49.6 Å². The Labute approximate surface area is 232 Å². The summed E-state index contributed by atoms with van der Waals surface area (Å²) >= 11 is 0. The number of para-hydroxylation sites is 1. The van der Waals surface area contributed by atoms with Crippen LogP contribution in [0.15, 0.2) is 48.5 Å². The van der Waals surface area contributed by atoms with Crippen LogP contribution in [-0.4, -0.2) is 84.0 Å². The molecular formula is C28H34F3N3O5S. The second-order valence-corrected chi connectivity index (χ2v) is 12.5. The minimum atomic E-state index is -4.89. The van der Waals surface area contributed by atoms with Crippen molar-refractivity contribution >= 4 is 26.8 Å². The van der Waals surface area contributed by atoms with Crippen LogP contribution in [0.25, 0.3) is 22.0 Å². The number of ether oxygens (including phenoxy) is 1. The SMILES string of the molecule is C[C@@H]1CN([C@@H](C)CO)C(=O)c2c(c3ccccc3n2C)-c2ccccc2CO[C@H]1CN(C)S(=O)(=O)CC(F)(F)F. The van der Waals surface area contributed by atoms with Crippen LogP contribution in [0.3, 0.4) is 0 Å². The van der Waals surface area contributed by atoms with Crippen LogP contribution in [0.5, 0.6) is 0 Å². The summed E-state index contributed by atoms with van der Waals surface area (Å²) in [6.45, 7) is 2.93. The van der Waals surface area contributed by atoms with E-state index in [1.807, 2.05) is 60.1 Å². The molecule has 218 valence electrons. The molecule has 0 unspecified atom stereocenters. The lowest BCUT2D eigenvalue weighted by Crippen LogP contribution is -2.48. The van der Waals surface area contributed by atoms with Gasteiger partial charge in [0.05, 0.1) is 25.4 Å². The average Bonchev–Trinajstić information content (AvgIpc) is 3.18. The van der Waals surface area contributed by atoms with Crippen molar-refractivity contribution in [3.8, 4) is 11.1 Å². The summed E-state index contributed by atoms with van der Waals surface area (Å²) in [6.07, 6.45) is -5.73. The Balaban J connectivity index is 1.84. The van der Waals surface area contributed by atoms with Crippen LogP contribution in [0.4, 0.5) is 13.2 Å². The highest BCUT2D eigenvalue weighted by Gasteiger charge is 2.39. The molecule has 1 amide bonds. The molecule has 2 aromatic carbocycles. The molecule has 0 bridgehead atoms. The van der Waals surface area contributed by atoms with Crippen molar-refractivity contribution in [1.82, 2.24) is 13.8 Å². The van der Waals surface area contributed by atoms with Crippen molar-refractivity contribution in [1.29, 1.82) is 0 Å². The standard InChI is InChI=1S/C28H34F3N3O5S/c1-18-13-34(19(2)15-35)27(36)26-25(22-11-7-8-12-23(22)33(26)4)21-10-6-5-9-20(21)16-39-24(18)14-32(3)40(37,38)17-28(29,30)31/h5-12,18-19,24,35H,13-17H2,1-4H3/t18-,19+,24+/m1/s1. The highest BCUT2D eigenvalue weighted by molar-refractivity contribution is 7.89. The number of aryl methyl sites for hydroxylation is 1. The Hall–Kier alpha value is -2.93. The quantitative estimate of drug-likeness (QED) is 0.475. The summed E-state index contributed by atoms with van der Waals surface area (Å²) in [7, 11) is -1.74. The predicted octanol–water partition coefficient (Wildman–Crippen LogP) is 4.03. The molecule has 0 spiro atoms. The molecule has 0 radical (unpaired) electrons. The largest absolute Gasteiger partial charge is 0.404 e. The fourth-order valence-corrected chi connectivity index (χ4v) is 6.22. The molecule has 1 N–H and O–H groups in total. The van der Waals surface area contributed by atoms with E-state index < -0.39 is 40.0 Å². The van der Waals surface area contributed by atoms with Gasteiger partial charge in [-0.25, -0.2) is 12.7 Å². The first-order chi connectivity index (χ1) is 18.7. The van der Waals surface area contributed by atoms with Gasteiger partial charge in [-0.15, -0.1) is 0 Å². The van der Waals surface area contributed by atoms with Crippen molar-refractivity contribution in [2.75, 3.05) is 32.5 Å². The highest BCUT2D eigenvalue weighted by atomic mass is 32.2. The summed E-state index contributed by atoms with van der Waals surface area (Å²) in [5.41, 5.74) is 3.51. The number of sulfonamides is 1. The number of aliphatic hydroxyl groups is 1. The van der Waals surface area contributed by atoms with Crippen molar-refractivity contribution in [3.63, 3.8) is 0 Å². The number of aromatic nitrogens is 1. The van der Waals surface area contributed by atoms with E-state index in [0.717, 1.165) is 29.1 Å². The first kappa shape index (κ1) is 30.0. The molecule has 1 aliphatic rings. The molecule has 0 saturated carbocycles. The Kier molecular flexibility index (Phi) is 8.65. The van der Waals surface area contributed by atoms with Gasteiger partial charge in [0.1, 0.15) is 5.69 Å². The van der Waals surface area contributed by atoms with Gasteiger partial charge in [-0.1, -0.05) is 49.4 Å². The lowest BCUT2D eigenvalue weighted by atomic mass is 9.96. The van der Waals surface area contributed by atoms with Crippen LogP contribution in [-0.2, 0) is 28.4 Å². The normalized spacial score (nSPS) is 19.8. The zero-order chi connectivity index (χ0) is 29.4. The number of carbonyl (C=O) groups excluding carboxylic acids is 1. The second-order valence-electron chi connectivity index (χ2n) is 10.4. The van der Waals surface area contributed by atoms with Crippen LogP contribution < -0.4 is 0 Å². The van der Waals surface area contributed by atoms with Crippen molar-refractivity contribution in [3.05, 3.63) is 59.8 Å². The summed E-state index contributed by atoms with van der Waals surface area (Å²) in [5.74, 6) is -2.80. The van der Waals surface area contributed by atoms with Gasteiger partial charge in [0.15, 0.2) is 5.75 Å². The van der Waals surface area contributed by atoms with E-state index in [1.165, 1.54) is 4.90 Å². The number of carbonyl (C=O) groups is 1. The number of likely N-dealkylation sites (N-methyl/N-ethyl adjacent to an activating group) is 1. The minimum absolute atomic E-state index is 0.0464. The Morgan fingerprint density at radius 1 is 1.15 bits per heavy atom. The van der Waals surface area contributed by atoms with Gasteiger partial charge in [0.25, 0.3) is 5.91 Å². The first-order valence-corrected chi connectivity index (χ1v) is 14.6. The van der Waals surface area contributed by atoms with Gasteiger partial charge >= 0.3 is 6.18 Å². The third-order valence-electron chi connectivity index (χ3n) is 7.48. The lowest BCUT2D eigenvalue weighted by Gasteiger charge is -2.35. The summed E-state index contributed by atoms with van der Waals surface area (Å²) in [5, 5.41) is 10.9. The number of alkyl halides is 3. The zero-order valence-corrected chi connectivity index (χ0v) is 23.7. The number of amides is 1. The highest BCUT2D eigenvalue weighted by Crippen LogP contribution is 2.38. The number of benzene rings is 2. The lowest BCUT2D eigenvalue weighted by molar-refractivity contribution is -0.107. The summed E-state index contributed by atoms with van der Waals surface area (Å²) < 4.78 is 72.5. The third-order valence-corrected chi connectivity index (χ3v) is 9.27. The number of halogens is 3. The van der Waals surface area contributed by atoms with Gasteiger partial charge in [-0.3, -0.25) is 4.79 Å². The number of aliphatic hydroxyl groups excluding tert-OH is 1. The van der Waals surface area contributed by atoms with Gasteiger partial charge < -0.3 is 19.3 Å². The number of hydrogen-bond donors (Lipinski definition) is 1. The van der Waals surface area contributed by atoms with Gasteiger partial charge in [0.2, 0.25) is 10.0 Å². The van der Waals surface area contributed by atoms with Crippen LogP contribution in [0, 0.1) is 5.92 Å². The minimum Gasteiger partial charge on any atom is -0.394 e. The number of hydrogen-bond acceptors (Lipinski definition) is 5. The van der Waals surface area contributed by atoms with Gasteiger partial charge in [-0.05, 0) is 24.1 Å². The number of fused-ring (bicyclic) bond motifs is 5. The Morgan fingerprint density at radius 3 is 2.48 bits per heavy atom. The fourth-order valence-electron chi connectivity index (χ4n) is 5.21.